The molecule has 0 radical (unpaired) electrons. The zero-order valence-corrected chi connectivity index (χ0v) is 10.7. The summed E-state index contributed by atoms with van der Waals surface area (Å²) in [6.45, 7) is 0. The lowest BCUT2D eigenvalue weighted by molar-refractivity contribution is 0.0697. The summed E-state index contributed by atoms with van der Waals surface area (Å²) in [6.07, 6.45) is 3.36. The Morgan fingerprint density at radius 1 is 1.25 bits per heavy atom. The molecule has 100 valence electrons. The van der Waals surface area contributed by atoms with Crippen LogP contribution < -0.4 is 0 Å². The van der Waals surface area contributed by atoms with Crippen molar-refractivity contribution >= 4 is 16.9 Å². The molecule has 3 rings (SSSR count). The van der Waals surface area contributed by atoms with E-state index in [1.807, 2.05) is 17.8 Å². The van der Waals surface area contributed by atoms with Crippen molar-refractivity contribution in [3.63, 3.8) is 0 Å². The quantitative estimate of drug-likeness (QED) is 0.749. The number of aryl methyl sites for hydroxylation is 1. The lowest BCUT2D eigenvalue weighted by Crippen LogP contribution is -1.97. The monoisotopic (exact) mass is 268 g/mol. The van der Waals surface area contributed by atoms with Crippen molar-refractivity contribution in [1.82, 2.24) is 9.55 Å². The number of phenols is 1. The molecular weight excluding hydrogens is 256 g/mol. The second-order valence-electron chi connectivity index (χ2n) is 4.59. The van der Waals surface area contributed by atoms with Gasteiger partial charge in [0.2, 0.25) is 0 Å². The summed E-state index contributed by atoms with van der Waals surface area (Å²) in [4.78, 5) is 15.3. The molecule has 0 fully saturated rings. The van der Waals surface area contributed by atoms with Gasteiger partial charge in [0.15, 0.2) is 0 Å². The van der Waals surface area contributed by atoms with E-state index in [-0.39, 0.29) is 11.3 Å². The number of aromatic nitrogens is 2. The lowest BCUT2D eigenvalue weighted by atomic mass is 10.1. The second kappa shape index (κ2) is 4.38. The highest BCUT2D eigenvalue weighted by Gasteiger charge is 2.12. The minimum atomic E-state index is -0.980. The third-order valence-electron chi connectivity index (χ3n) is 3.26. The van der Waals surface area contributed by atoms with E-state index in [2.05, 4.69) is 4.98 Å². The third-order valence-corrected chi connectivity index (χ3v) is 3.26. The highest BCUT2D eigenvalue weighted by Crippen LogP contribution is 2.31. The van der Waals surface area contributed by atoms with E-state index < -0.39 is 5.97 Å². The highest BCUT2D eigenvalue weighted by molar-refractivity contribution is 5.97. The number of nitrogens with zero attached hydrogens (tertiary/aromatic N) is 2. The molecule has 0 saturated carbocycles. The molecule has 0 bridgehead atoms. The van der Waals surface area contributed by atoms with Gasteiger partial charge >= 0.3 is 5.97 Å². The number of phenolic OH excluding ortho intramolecular Hbond substituents is 1. The zero-order chi connectivity index (χ0) is 14.3. The highest BCUT2D eigenvalue weighted by atomic mass is 16.4. The number of hydrogen-bond acceptors (Lipinski definition) is 3. The van der Waals surface area contributed by atoms with Gasteiger partial charge in [-0.05, 0) is 24.3 Å². The first-order valence-electron chi connectivity index (χ1n) is 6.04. The summed E-state index contributed by atoms with van der Waals surface area (Å²) in [5, 5.41) is 19.5. The summed E-state index contributed by atoms with van der Waals surface area (Å²) >= 11 is 0. The minimum absolute atomic E-state index is 0.192. The average Bonchev–Trinajstić information content (AvgIpc) is 2.76. The number of carboxylic acid groups (broad SMARTS) is 1. The molecule has 5 nitrogen and oxygen atoms in total. The standard InChI is InChI=1S/C15H12N2O3/c1-17-8-12(11-3-2-10(18)7-14(11)17)13-6-9(15(19)20)4-5-16-13/h2-8,18H,1H3,(H,19,20). The Kier molecular flexibility index (Phi) is 2.68. The molecule has 2 heterocycles. The Bertz CT molecular complexity index is 821. The van der Waals surface area contributed by atoms with E-state index in [1.54, 1.807) is 24.3 Å². The summed E-state index contributed by atoms with van der Waals surface area (Å²) in [5.74, 6) is -0.788. The molecule has 0 atom stereocenters. The number of fused-ring (bicyclic) bond motifs is 1. The van der Waals surface area contributed by atoms with Crippen molar-refractivity contribution in [3.05, 3.63) is 48.3 Å². The molecular formula is C15H12N2O3. The van der Waals surface area contributed by atoms with E-state index in [9.17, 15) is 9.90 Å². The molecule has 3 aromatic rings. The maximum absolute atomic E-state index is 11.0. The SMILES string of the molecule is Cn1cc(-c2cc(C(=O)O)ccn2)c2ccc(O)cc21. The van der Waals surface area contributed by atoms with E-state index in [0.717, 1.165) is 16.5 Å². The predicted molar refractivity (Wildman–Crippen MR) is 74.8 cm³/mol. The van der Waals surface area contributed by atoms with Crippen molar-refractivity contribution in [3.8, 4) is 17.0 Å². The number of aromatic carboxylic acids is 1. The maximum Gasteiger partial charge on any atom is 0.335 e. The number of carbonyl (C=O) groups is 1. The molecule has 0 aliphatic rings. The molecule has 2 N–H and O–H groups in total. The smallest absolute Gasteiger partial charge is 0.335 e. The van der Waals surface area contributed by atoms with Gasteiger partial charge in [-0.1, -0.05) is 0 Å². The molecule has 0 spiro atoms. The third kappa shape index (κ3) is 1.89. The summed E-state index contributed by atoms with van der Waals surface area (Å²) in [6, 6.07) is 8.08. The molecule has 1 aromatic carbocycles. The molecule has 5 heteroatoms. The lowest BCUT2D eigenvalue weighted by Gasteiger charge is -2.00. The second-order valence-corrected chi connectivity index (χ2v) is 4.59. The fourth-order valence-electron chi connectivity index (χ4n) is 2.29. The van der Waals surface area contributed by atoms with Crippen LogP contribution in [-0.2, 0) is 7.05 Å². The average molecular weight is 268 g/mol. The van der Waals surface area contributed by atoms with Crippen LogP contribution in [0.5, 0.6) is 5.75 Å². The Balaban J connectivity index is 2.24. The number of rotatable bonds is 2. The van der Waals surface area contributed by atoms with Gasteiger partial charge in [0.05, 0.1) is 16.8 Å². The van der Waals surface area contributed by atoms with Gasteiger partial charge in [0, 0.05) is 36.5 Å². The van der Waals surface area contributed by atoms with Gasteiger partial charge in [-0.25, -0.2) is 4.79 Å². The largest absolute Gasteiger partial charge is 0.508 e. The maximum atomic E-state index is 11.0. The normalized spacial score (nSPS) is 10.8. The van der Waals surface area contributed by atoms with Crippen LogP contribution in [0.4, 0.5) is 0 Å². The van der Waals surface area contributed by atoms with E-state index in [0.29, 0.717) is 5.69 Å². The van der Waals surface area contributed by atoms with Gasteiger partial charge < -0.3 is 14.8 Å². The van der Waals surface area contributed by atoms with Gasteiger partial charge in [-0.15, -0.1) is 0 Å². The van der Waals surface area contributed by atoms with E-state index in [4.69, 9.17) is 5.11 Å². The Hall–Kier alpha value is -2.82. The van der Waals surface area contributed by atoms with Crippen molar-refractivity contribution < 1.29 is 15.0 Å². The molecule has 0 saturated heterocycles. The summed E-state index contributed by atoms with van der Waals surface area (Å²) in [5.41, 5.74) is 2.50. The van der Waals surface area contributed by atoms with Crippen LogP contribution in [0.1, 0.15) is 10.4 Å². The summed E-state index contributed by atoms with van der Waals surface area (Å²) in [7, 11) is 1.87. The van der Waals surface area contributed by atoms with Crippen molar-refractivity contribution in [2.45, 2.75) is 0 Å². The van der Waals surface area contributed by atoms with Crippen LogP contribution in [-0.4, -0.2) is 25.7 Å². The van der Waals surface area contributed by atoms with Crippen molar-refractivity contribution in [2.75, 3.05) is 0 Å². The first-order chi connectivity index (χ1) is 9.56. The molecule has 0 aliphatic carbocycles. The number of benzene rings is 1. The first kappa shape index (κ1) is 12.2. The van der Waals surface area contributed by atoms with Crippen LogP contribution in [0.3, 0.4) is 0 Å². The summed E-state index contributed by atoms with van der Waals surface area (Å²) < 4.78 is 1.87. The number of hydrogen-bond donors (Lipinski definition) is 2. The van der Waals surface area contributed by atoms with Crippen LogP contribution in [0, 0.1) is 0 Å². The first-order valence-corrected chi connectivity index (χ1v) is 6.04. The van der Waals surface area contributed by atoms with Gasteiger partial charge in [-0.2, -0.15) is 0 Å². The van der Waals surface area contributed by atoms with Gasteiger partial charge in [0.1, 0.15) is 5.75 Å². The van der Waals surface area contributed by atoms with E-state index >= 15 is 0 Å². The van der Waals surface area contributed by atoms with Gasteiger partial charge in [-0.3, -0.25) is 4.98 Å². The fraction of sp³-hybridized carbons (Fsp3) is 0.0667. The molecule has 0 unspecified atom stereocenters. The molecule has 2 aromatic heterocycles. The van der Waals surface area contributed by atoms with Crippen LogP contribution in [0.25, 0.3) is 22.2 Å². The molecule has 0 aliphatic heterocycles. The van der Waals surface area contributed by atoms with Crippen LogP contribution in [0.15, 0.2) is 42.7 Å². The number of pyridine rings is 1. The Morgan fingerprint density at radius 3 is 2.80 bits per heavy atom. The number of carboxylic acids is 1. The minimum Gasteiger partial charge on any atom is -0.508 e. The number of aromatic hydroxyl groups is 1. The van der Waals surface area contributed by atoms with Gasteiger partial charge in [0.25, 0.3) is 0 Å². The molecule has 20 heavy (non-hydrogen) atoms. The Labute approximate surface area is 114 Å². The van der Waals surface area contributed by atoms with Crippen molar-refractivity contribution in [2.24, 2.45) is 7.05 Å². The predicted octanol–water partition coefficient (Wildman–Crippen LogP) is 2.64. The topological polar surface area (TPSA) is 75.4 Å². The zero-order valence-electron chi connectivity index (χ0n) is 10.7. The molecule has 0 amide bonds. The Morgan fingerprint density at radius 2 is 2.05 bits per heavy atom. The van der Waals surface area contributed by atoms with Crippen LogP contribution >= 0.6 is 0 Å². The van der Waals surface area contributed by atoms with E-state index in [1.165, 1.54) is 12.3 Å². The fourth-order valence-corrected chi connectivity index (χ4v) is 2.29. The van der Waals surface area contributed by atoms with Crippen molar-refractivity contribution in [1.29, 1.82) is 0 Å². The van der Waals surface area contributed by atoms with Crippen LogP contribution in [0.2, 0.25) is 0 Å².